The van der Waals surface area contributed by atoms with Crippen LogP contribution >= 0.6 is 11.6 Å². The molecule has 398 valence electrons. The van der Waals surface area contributed by atoms with Gasteiger partial charge >= 0.3 is 18.2 Å². The standard InChI is InChI=1S/C57H64ClN9O9/c1-5-6-31-50-61-51(58)49(40-74-55(70)60-48(53(68)73-37-20-21-38-75-67(71)72)30-18-19-36-59-54(69)76-56(2,3)4)65(50)39-41-32-34-42(35-33-41)46-28-16-17-29-47(46)52-62-63-64-66(52)57(43-22-10-7-11-23-43,44-24-12-8-13-25-44)45-26-14-9-15-27-45/h7-17,22-29,32-35,48H,5-6,18-21,30-31,36-40H2,1-4H3,(H,59,69)(H,60,70). The highest BCUT2D eigenvalue weighted by atomic mass is 35.5. The Hall–Kier alpha value is -8.12. The van der Waals surface area contributed by atoms with Crippen molar-refractivity contribution in [2.45, 2.75) is 109 Å². The van der Waals surface area contributed by atoms with Gasteiger partial charge in [0.2, 0.25) is 0 Å². The third-order valence-electron chi connectivity index (χ3n) is 12.5. The number of carbonyl (C=O) groups is 3. The van der Waals surface area contributed by atoms with Gasteiger partial charge in [-0.05, 0) is 103 Å². The minimum absolute atomic E-state index is 0.0462. The lowest BCUT2D eigenvalue weighted by Gasteiger charge is -2.36. The van der Waals surface area contributed by atoms with Crippen LogP contribution in [-0.2, 0) is 49.0 Å². The second-order valence-electron chi connectivity index (χ2n) is 19.0. The molecule has 0 aliphatic carbocycles. The van der Waals surface area contributed by atoms with Crippen molar-refractivity contribution >= 4 is 29.8 Å². The summed E-state index contributed by atoms with van der Waals surface area (Å²) in [5.41, 5.74) is 5.47. The number of nitrogens with zero attached hydrogens (tertiary/aromatic N) is 7. The molecule has 7 rings (SSSR count). The fourth-order valence-corrected chi connectivity index (χ4v) is 9.16. The van der Waals surface area contributed by atoms with E-state index in [1.165, 1.54) is 0 Å². The number of halogens is 1. The van der Waals surface area contributed by atoms with Crippen molar-refractivity contribution in [2.24, 2.45) is 0 Å². The largest absolute Gasteiger partial charge is 0.464 e. The van der Waals surface area contributed by atoms with Crippen LogP contribution < -0.4 is 10.6 Å². The molecular weight excluding hydrogens is 990 g/mol. The SMILES string of the molecule is CCCCc1nc(Cl)c(COC(=O)NC(CCCCNC(=O)OC(C)(C)C)C(=O)OCCCCO[N+](=O)[O-])n1Cc1ccc(-c2ccccc2-c2nnnn2C(c2ccccc2)(c2ccccc2)c2ccccc2)cc1. The van der Waals surface area contributed by atoms with Gasteiger partial charge in [-0.15, -0.1) is 15.2 Å². The highest BCUT2D eigenvalue weighted by Crippen LogP contribution is 2.43. The maximum atomic E-state index is 13.5. The number of hydrogen-bond donors (Lipinski definition) is 2. The van der Waals surface area contributed by atoms with Crippen molar-refractivity contribution in [1.29, 1.82) is 0 Å². The molecular formula is C57H64ClN9O9. The molecule has 0 bridgehead atoms. The van der Waals surface area contributed by atoms with Gasteiger partial charge in [-0.3, -0.25) is 0 Å². The normalized spacial score (nSPS) is 11.9. The Morgan fingerprint density at radius 3 is 1.95 bits per heavy atom. The van der Waals surface area contributed by atoms with Crippen LogP contribution in [0.5, 0.6) is 0 Å². The summed E-state index contributed by atoms with van der Waals surface area (Å²) in [5, 5.41) is 29.0. The molecule has 76 heavy (non-hydrogen) atoms. The van der Waals surface area contributed by atoms with E-state index in [0.717, 1.165) is 57.6 Å². The van der Waals surface area contributed by atoms with Crippen molar-refractivity contribution in [2.75, 3.05) is 19.8 Å². The summed E-state index contributed by atoms with van der Waals surface area (Å²) in [5.74, 6) is 0.602. The molecule has 5 aromatic carbocycles. The number of amides is 2. The average Bonchev–Trinajstić information content (AvgIpc) is 4.07. The van der Waals surface area contributed by atoms with E-state index in [1.807, 2.05) is 94.2 Å². The number of alkyl carbamates (subject to hydrolysis) is 2. The number of nitrogens with one attached hydrogen (secondary N) is 2. The zero-order valence-corrected chi connectivity index (χ0v) is 44.0. The van der Waals surface area contributed by atoms with E-state index in [4.69, 9.17) is 41.1 Å². The zero-order valence-electron chi connectivity index (χ0n) is 43.2. The molecule has 18 nitrogen and oxygen atoms in total. The topological polar surface area (TPSA) is 217 Å². The summed E-state index contributed by atoms with van der Waals surface area (Å²) in [6.07, 6.45) is 2.60. The van der Waals surface area contributed by atoms with Crippen molar-refractivity contribution in [3.8, 4) is 22.5 Å². The summed E-state index contributed by atoms with van der Waals surface area (Å²) in [6.45, 7) is 7.58. The number of tetrazole rings is 1. The quantitative estimate of drug-likeness (QED) is 0.0129. The number of imidazole rings is 1. The minimum Gasteiger partial charge on any atom is -0.464 e. The number of aryl methyl sites for hydroxylation is 1. The van der Waals surface area contributed by atoms with Gasteiger partial charge in [-0.1, -0.05) is 164 Å². The highest BCUT2D eigenvalue weighted by Gasteiger charge is 2.42. The maximum absolute atomic E-state index is 13.5. The van der Waals surface area contributed by atoms with Crippen LogP contribution in [-0.4, -0.2) is 84.4 Å². The van der Waals surface area contributed by atoms with E-state index in [2.05, 4.69) is 82.2 Å². The molecule has 0 saturated carbocycles. The molecule has 0 aliphatic heterocycles. The summed E-state index contributed by atoms with van der Waals surface area (Å²) in [6, 6.07) is 46.0. The van der Waals surface area contributed by atoms with Crippen molar-refractivity contribution in [1.82, 2.24) is 40.4 Å². The third-order valence-corrected chi connectivity index (χ3v) is 12.8. The Labute approximate surface area is 447 Å². The van der Waals surface area contributed by atoms with Crippen LogP contribution in [0.1, 0.15) is 106 Å². The molecule has 19 heteroatoms. The maximum Gasteiger partial charge on any atom is 0.408 e. The average molecular weight is 1050 g/mol. The first kappa shape index (κ1) is 55.6. The lowest BCUT2D eigenvalue weighted by atomic mass is 9.77. The third kappa shape index (κ3) is 14.6. The predicted molar refractivity (Wildman–Crippen MR) is 287 cm³/mol. The molecule has 0 aliphatic rings. The van der Waals surface area contributed by atoms with E-state index in [0.29, 0.717) is 43.7 Å². The lowest BCUT2D eigenvalue weighted by Crippen LogP contribution is -2.42. The first-order chi connectivity index (χ1) is 36.8. The van der Waals surface area contributed by atoms with E-state index in [-0.39, 0.29) is 44.4 Å². The van der Waals surface area contributed by atoms with Gasteiger partial charge in [0.1, 0.15) is 29.6 Å². The zero-order chi connectivity index (χ0) is 53.9. The summed E-state index contributed by atoms with van der Waals surface area (Å²) < 4.78 is 20.4. The van der Waals surface area contributed by atoms with Crippen LogP contribution in [0.3, 0.4) is 0 Å². The monoisotopic (exact) mass is 1050 g/mol. The number of rotatable bonds is 26. The number of unbranched alkanes of at least 4 members (excludes halogenated alkanes) is 3. The minimum atomic E-state index is -1.10. The number of benzene rings is 5. The molecule has 2 amide bonds. The Morgan fingerprint density at radius 2 is 1.34 bits per heavy atom. The van der Waals surface area contributed by atoms with Crippen LogP contribution in [0, 0.1) is 10.1 Å². The number of carbonyl (C=O) groups excluding carboxylic acids is 3. The highest BCUT2D eigenvalue weighted by molar-refractivity contribution is 6.30. The van der Waals surface area contributed by atoms with Crippen LogP contribution in [0.15, 0.2) is 140 Å². The van der Waals surface area contributed by atoms with Crippen molar-refractivity contribution < 1.29 is 38.5 Å². The summed E-state index contributed by atoms with van der Waals surface area (Å²) in [7, 11) is 0. The van der Waals surface area contributed by atoms with E-state index < -0.39 is 40.4 Å². The Kier molecular flexibility index (Phi) is 19.7. The van der Waals surface area contributed by atoms with Gasteiger partial charge in [0.15, 0.2) is 11.0 Å². The van der Waals surface area contributed by atoms with E-state index >= 15 is 0 Å². The van der Waals surface area contributed by atoms with Gasteiger partial charge in [-0.2, -0.15) is 0 Å². The molecule has 2 aromatic heterocycles. The molecule has 1 atom stereocenters. The van der Waals surface area contributed by atoms with Crippen LogP contribution in [0.4, 0.5) is 9.59 Å². The van der Waals surface area contributed by atoms with Gasteiger partial charge in [0.25, 0.3) is 5.09 Å². The predicted octanol–water partition coefficient (Wildman–Crippen LogP) is 10.9. The van der Waals surface area contributed by atoms with Crippen LogP contribution in [0.25, 0.3) is 22.5 Å². The second kappa shape index (κ2) is 26.9. The number of ether oxygens (including phenoxy) is 3. The second-order valence-corrected chi connectivity index (χ2v) is 19.4. The molecule has 0 fully saturated rings. The molecule has 0 spiro atoms. The number of esters is 1. The molecule has 2 heterocycles. The summed E-state index contributed by atoms with van der Waals surface area (Å²) >= 11 is 6.81. The van der Waals surface area contributed by atoms with Gasteiger partial charge in [0.05, 0.1) is 18.9 Å². The van der Waals surface area contributed by atoms with Crippen LogP contribution in [0.2, 0.25) is 5.15 Å². The molecule has 0 saturated heterocycles. The molecule has 0 radical (unpaired) electrons. The van der Waals surface area contributed by atoms with Crippen molar-refractivity contribution in [3.05, 3.63) is 189 Å². The van der Waals surface area contributed by atoms with E-state index in [9.17, 15) is 24.5 Å². The Balaban J connectivity index is 1.09. The lowest BCUT2D eigenvalue weighted by molar-refractivity contribution is -0.757. The molecule has 1 unspecified atom stereocenters. The fraction of sp³-hybridized carbons (Fsp3) is 0.351. The molecule has 2 N–H and O–H groups in total. The Bertz CT molecular complexity index is 2890. The number of aromatic nitrogens is 6. The van der Waals surface area contributed by atoms with Gasteiger partial charge < -0.3 is 34.2 Å². The first-order valence-electron chi connectivity index (χ1n) is 25.5. The van der Waals surface area contributed by atoms with E-state index in [1.54, 1.807) is 20.8 Å². The fourth-order valence-electron chi connectivity index (χ4n) is 8.90. The van der Waals surface area contributed by atoms with Gasteiger partial charge in [0, 0.05) is 25.1 Å². The Morgan fingerprint density at radius 1 is 0.737 bits per heavy atom. The summed E-state index contributed by atoms with van der Waals surface area (Å²) in [4.78, 5) is 58.4. The number of hydrogen-bond acceptors (Lipinski definition) is 13. The van der Waals surface area contributed by atoms with Gasteiger partial charge in [-0.25, -0.2) is 24.0 Å². The first-order valence-corrected chi connectivity index (χ1v) is 25.9. The molecule has 7 aromatic rings. The van der Waals surface area contributed by atoms with Crippen molar-refractivity contribution in [3.63, 3.8) is 0 Å². The smallest absolute Gasteiger partial charge is 0.408 e.